The fraction of sp³-hybridized carbons (Fsp3) is 0.304. The van der Waals surface area contributed by atoms with E-state index in [2.05, 4.69) is 0 Å². The minimum atomic E-state index is -4.48. The summed E-state index contributed by atoms with van der Waals surface area (Å²) in [6.07, 6.45) is -3.88. The third-order valence-electron chi connectivity index (χ3n) is 5.08. The van der Waals surface area contributed by atoms with Crippen molar-refractivity contribution in [2.24, 2.45) is 0 Å². The fourth-order valence-electron chi connectivity index (χ4n) is 3.36. The topological polar surface area (TPSA) is 70.0 Å². The Labute approximate surface area is 187 Å². The smallest absolute Gasteiger partial charge is 0.416 e. The molecule has 0 saturated carbocycles. The lowest BCUT2D eigenvalue weighted by molar-refractivity contribution is -0.137. The number of benzene rings is 2. The van der Waals surface area contributed by atoms with Crippen LogP contribution in [-0.2, 0) is 19.3 Å². The summed E-state index contributed by atoms with van der Waals surface area (Å²) < 4.78 is 56.4. The van der Waals surface area contributed by atoms with Crippen LogP contribution in [0, 0.1) is 0 Å². The van der Waals surface area contributed by atoms with E-state index in [0.29, 0.717) is 29.0 Å². The summed E-state index contributed by atoms with van der Waals surface area (Å²) in [5.41, 5.74) is -0.812. The number of carbonyl (C=O) groups is 1. The van der Waals surface area contributed by atoms with Crippen molar-refractivity contribution in [2.45, 2.75) is 26.2 Å². The first kappa shape index (κ1) is 24.0. The summed E-state index contributed by atoms with van der Waals surface area (Å²) in [7, 11) is 4.28. The lowest BCUT2D eigenvalue weighted by atomic mass is 10.1. The van der Waals surface area contributed by atoms with Gasteiger partial charge in [0.05, 0.1) is 31.4 Å². The van der Waals surface area contributed by atoms with E-state index < -0.39 is 17.8 Å². The summed E-state index contributed by atoms with van der Waals surface area (Å²) in [5, 5.41) is 0.600. The van der Waals surface area contributed by atoms with Gasteiger partial charge in [-0.15, -0.1) is 0 Å². The maximum atomic E-state index is 13.0. The Kier molecular flexibility index (Phi) is 6.85. The highest BCUT2D eigenvalue weighted by Gasteiger charge is 2.30. The van der Waals surface area contributed by atoms with Crippen molar-refractivity contribution in [1.82, 2.24) is 9.47 Å². The number of rotatable bonds is 6. The normalized spacial score (nSPS) is 11.4. The molecule has 0 aliphatic rings. The Balaban J connectivity index is 1.94. The SMILES string of the molecule is CCn1cc(OC(=O)N(C)Cc2cccc(C(F)(F)F)c2)c2cc(OC)c(OC)cc2c1=O. The number of pyridine rings is 1. The van der Waals surface area contributed by atoms with Crippen molar-refractivity contribution in [3.8, 4) is 17.2 Å². The van der Waals surface area contributed by atoms with Gasteiger partial charge in [0.1, 0.15) is 0 Å². The van der Waals surface area contributed by atoms with Gasteiger partial charge in [-0.05, 0) is 36.8 Å². The van der Waals surface area contributed by atoms with Gasteiger partial charge in [-0.25, -0.2) is 4.79 Å². The molecule has 1 aromatic heterocycles. The van der Waals surface area contributed by atoms with E-state index >= 15 is 0 Å². The lowest BCUT2D eigenvalue weighted by Gasteiger charge is -2.19. The van der Waals surface area contributed by atoms with Crippen molar-refractivity contribution in [2.75, 3.05) is 21.3 Å². The van der Waals surface area contributed by atoms with E-state index in [0.717, 1.165) is 17.0 Å². The van der Waals surface area contributed by atoms with Crippen LogP contribution in [0.2, 0.25) is 0 Å². The molecule has 1 heterocycles. The zero-order valence-corrected chi connectivity index (χ0v) is 18.5. The number of hydrogen-bond acceptors (Lipinski definition) is 5. The minimum Gasteiger partial charge on any atom is -0.493 e. The average molecular weight is 464 g/mol. The summed E-state index contributed by atoms with van der Waals surface area (Å²) in [6, 6.07) is 7.75. The van der Waals surface area contributed by atoms with E-state index in [9.17, 15) is 22.8 Å². The van der Waals surface area contributed by atoms with Crippen molar-refractivity contribution >= 4 is 16.9 Å². The van der Waals surface area contributed by atoms with Crippen LogP contribution in [0.3, 0.4) is 0 Å². The number of methoxy groups -OCH3 is 2. The summed E-state index contributed by atoms with van der Waals surface area (Å²) in [5.74, 6) is 0.788. The van der Waals surface area contributed by atoms with Gasteiger partial charge in [0.2, 0.25) is 0 Å². The standard InChI is InChI=1S/C23H23F3N2O5/c1-5-28-13-20(16-10-18(31-3)19(32-4)11-17(16)21(28)29)33-22(30)27(2)12-14-7-6-8-15(9-14)23(24,25)26/h6-11,13H,5,12H2,1-4H3. The van der Waals surface area contributed by atoms with Crippen LogP contribution in [0.15, 0.2) is 47.4 Å². The molecule has 0 unspecified atom stereocenters. The molecule has 176 valence electrons. The number of carbonyl (C=O) groups excluding carboxylic acids is 1. The molecule has 0 bridgehead atoms. The minimum absolute atomic E-state index is 0.105. The maximum Gasteiger partial charge on any atom is 0.416 e. The number of hydrogen-bond donors (Lipinski definition) is 0. The number of halogens is 3. The number of aromatic nitrogens is 1. The highest BCUT2D eigenvalue weighted by molar-refractivity contribution is 5.92. The van der Waals surface area contributed by atoms with E-state index in [-0.39, 0.29) is 23.2 Å². The summed E-state index contributed by atoms with van der Waals surface area (Å²) in [4.78, 5) is 26.7. The Hall–Kier alpha value is -3.69. The Bertz CT molecular complexity index is 1240. The van der Waals surface area contributed by atoms with Crippen LogP contribution < -0.4 is 19.8 Å². The van der Waals surface area contributed by atoms with Crippen molar-refractivity contribution in [1.29, 1.82) is 0 Å². The van der Waals surface area contributed by atoms with Gasteiger partial charge in [-0.3, -0.25) is 4.79 Å². The predicted molar refractivity (Wildman–Crippen MR) is 116 cm³/mol. The molecule has 7 nitrogen and oxygen atoms in total. The molecular formula is C23H23F3N2O5. The highest BCUT2D eigenvalue weighted by atomic mass is 19.4. The average Bonchev–Trinajstić information content (AvgIpc) is 2.79. The molecule has 1 amide bonds. The molecular weight excluding hydrogens is 441 g/mol. The second kappa shape index (κ2) is 9.43. The molecule has 33 heavy (non-hydrogen) atoms. The fourth-order valence-corrected chi connectivity index (χ4v) is 3.36. The van der Waals surface area contributed by atoms with Gasteiger partial charge < -0.3 is 23.7 Å². The van der Waals surface area contributed by atoms with Crippen LogP contribution in [0.25, 0.3) is 10.8 Å². The van der Waals surface area contributed by atoms with Crippen molar-refractivity contribution < 1.29 is 32.2 Å². The molecule has 0 fully saturated rings. The third kappa shape index (κ3) is 5.05. The first-order valence-electron chi connectivity index (χ1n) is 9.97. The molecule has 3 aromatic rings. The molecule has 0 saturated heterocycles. The first-order valence-corrected chi connectivity index (χ1v) is 9.97. The van der Waals surface area contributed by atoms with E-state index in [1.807, 2.05) is 0 Å². The van der Waals surface area contributed by atoms with Crippen LogP contribution in [0.4, 0.5) is 18.0 Å². The van der Waals surface area contributed by atoms with Crippen molar-refractivity contribution in [3.05, 3.63) is 64.1 Å². The summed E-state index contributed by atoms with van der Waals surface area (Å²) in [6.45, 7) is 1.98. The Morgan fingerprint density at radius 2 is 1.67 bits per heavy atom. The second-order valence-corrected chi connectivity index (χ2v) is 7.26. The number of alkyl halides is 3. The zero-order valence-electron chi connectivity index (χ0n) is 18.5. The zero-order chi connectivity index (χ0) is 24.3. The van der Waals surface area contributed by atoms with Crippen LogP contribution in [-0.4, -0.2) is 36.8 Å². The second-order valence-electron chi connectivity index (χ2n) is 7.26. The monoisotopic (exact) mass is 464 g/mol. The molecule has 0 N–H and O–H groups in total. The number of nitrogens with zero attached hydrogens (tertiary/aromatic N) is 2. The van der Waals surface area contributed by atoms with Gasteiger partial charge in [-0.2, -0.15) is 13.2 Å². The number of amides is 1. The molecule has 0 aliphatic heterocycles. The highest BCUT2D eigenvalue weighted by Crippen LogP contribution is 2.35. The van der Waals surface area contributed by atoms with Gasteiger partial charge in [-0.1, -0.05) is 12.1 Å². The molecule has 0 spiro atoms. The maximum absolute atomic E-state index is 13.0. The van der Waals surface area contributed by atoms with Gasteiger partial charge in [0.15, 0.2) is 17.2 Å². The number of aryl methyl sites for hydroxylation is 1. The van der Waals surface area contributed by atoms with Gasteiger partial charge in [0.25, 0.3) is 5.56 Å². The summed E-state index contributed by atoms with van der Waals surface area (Å²) >= 11 is 0. The quantitative estimate of drug-likeness (QED) is 0.530. The third-order valence-corrected chi connectivity index (χ3v) is 5.08. The molecule has 3 rings (SSSR count). The van der Waals surface area contributed by atoms with Gasteiger partial charge in [0, 0.05) is 25.5 Å². The molecule has 0 aliphatic carbocycles. The van der Waals surface area contributed by atoms with Gasteiger partial charge >= 0.3 is 12.3 Å². The van der Waals surface area contributed by atoms with Crippen LogP contribution in [0.1, 0.15) is 18.1 Å². The lowest BCUT2D eigenvalue weighted by Crippen LogP contribution is -2.30. The molecule has 0 atom stereocenters. The van der Waals surface area contributed by atoms with E-state index in [4.69, 9.17) is 14.2 Å². The molecule has 2 aromatic carbocycles. The number of fused-ring (bicyclic) bond motifs is 1. The number of ether oxygens (including phenoxy) is 3. The van der Waals surface area contributed by atoms with Crippen LogP contribution >= 0.6 is 0 Å². The van der Waals surface area contributed by atoms with E-state index in [1.54, 1.807) is 6.92 Å². The molecule has 10 heteroatoms. The Morgan fingerprint density at radius 1 is 1.03 bits per heavy atom. The van der Waals surface area contributed by atoms with Crippen LogP contribution in [0.5, 0.6) is 17.2 Å². The first-order chi connectivity index (χ1) is 15.6. The van der Waals surface area contributed by atoms with Crippen molar-refractivity contribution in [3.63, 3.8) is 0 Å². The predicted octanol–water partition coefficient (Wildman–Crippen LogP) is 4.69. The van der Waals surface area contributed by atoms with E-state index in [1.165, 1.54) is 56.3 Å². The largest absolute Gasteiger partial charge is 0.493 e. The Morgan fingerprint density at radius 3 is 2.24 bits per heavy atom. The molecule has 0 radical (unpaired) electrons.